The van der Waals surface area contributed by atoms with Gasteiger partial charge < -0.3 is 10.1 Å². The number of nitrogens with zero attached hydrogens (tertiary/aromatic N) is 2. The number of thioether (sulfide) groups is 1. The molecule has 0 bridgehead atoms. The third-order valence-corrected chi connectivity index (χ3v) is 4.81. The summed E-state index contributed by atoms with van der Waals surface area (Å²) in [7, 11) is 1.65. The molecule has 5 nitrogen and oxygen atoms in total. The summed E-state index contributed by atoms with van der Waals surface area (Å²) in [5.41, 5.74) is 1.22. The van der Waals surface area contributed by atoms with Crippen molar-refractivity contribution in [1.82, 2.24) is 10.3 Å². The molecule has 1 aromatic heterocycles. The summed E-state index contributed by atoms with van der Waals surface area (Å²) in [6.07, 6.45) is 6.23. The Morgan fingerprint density at radius 2 is 2.33 bits per heavy atom. The summed E-state index contributed by atoms with van der Waals surface area (Å²) in [5, 5.41) is 3.34. The fourth-order valence-corrected chi connectivity index (χ4v) is 3.48. The Bertz CT molecular complexity index is 703. The van der Waals surface area contributed by atoms with Crippen LogP contribution in [0.2, 0.25) is 0 Å². The number of aliphatic imine (C=N–C) groups is 1. The average molecular weight is 408 g/mol. The number of hydrogen-bond acceptors (Lipinski definition) is 5. The minimum atomic E-state index is -0.278. The second kappa shape index (κ2) is 8.96. The number of ether oxygens (including phenoxy) is 1. The third-order valence-electron chi connectivity index (χ3n) is 3.34. The molecule has 24 heavy (non-hydrogen) atoms. The van der Waals surface area contributed by atoms with Crippen molar-refractivity contribution < 1.29 is 9.53 Å². The van der Waals surface area contributed by atoms with Gasteiger partial charge in [0.15, 0.2) is 5.17 Å². The molecular formula is C17H18BrN3O2S. The highest BCUT2D eigenvalue weighted by Crippen LogP contribution is 2.31. The van der Waals surface area contributed by atoms with E-state index in [9.17, 15) is 4.79 Å². The van der Waals surface area contributed by atoms with Crippen LogP contribution in [0.4, 0.5) is 0 Å². The van der Waals surface area contributed by atoms with E-state index < -0.39 is 0 Å². The summed E-state index contributed by atoms with van der Waals surface area (Å²) in [6, 6.07) is 3.48. The molecule has 0 aromatic carbocycles. The number of rotatable bonds is 5. The SMILES string of the molecule is C=C/C=C(\C=C)C(=O)NC1=NC(c2cc(Br)ccn2)C(OC)CS1. The van der Waals surface area contributed by atoms with E-state index in [1.165, 1.54) is 17.8 Å². The molecule has 0 radical (unpaired) electrons. The van der Waals surface area contributed by atoms with Crippen LogP contribution >= 0.6 is 27.7 Å². The van der Waals surface area contributed by atoms with Crippen LogP contribution in [-0.2, 0) is 9.53 Å². The maximum atomic E-state index is 12.2. The number of halogens is 1. The number of amides is 1. The van der Waals surface area contributed by atoms with Gasteiger partial charge in [-0.15, -0.1) is 0 Å². The maximum absolute atomic E-state index is 12.2. The molecule has 2 heterocycles. The number of carbonyl (C=O) groups excluding carboxylic acids is 1. The van der Waals surface area contributed by atoms with Gasteiger partial charge in [-0.25, -0.2) is 4.99 Å². The molecule has 126 valence electrons. The first-order valence-corrected chi connectivity index (χ1v) is 8.98. The fourth-order valence-electron chi connectivity index (χ4n) is 2.14. The van der Waals surface area contributed by atoms with Gasteiger partial charge in [-0.2, -0.15) is 0 Å². The number of amidine groups is 1. The van der Waals surface area contributed by atoms with E-state index in [0.29, 0.717) is 16.5 Å². The molecule has 1 aliphatic rings. The molecule has 1 N–H and O–H groups in total. The topological polar surface area (TPSA) is 63.6 Å². The van der Waals surface area contributed by atoms with Crippen molar-refractivity contribution in [2.45, 2.75) is 12.1 Å². The zero-order valence-electron chi connectivity index (χ0n) is 13.2. The van der Waals surface area contributed by atoms with E-state index >= 15 is 0 Å². The lowest BCUT2D eigenvalue weighted by atomic mass is 10.1. The summed E-state index contributed by atoms with van der Waals surface area (Å²) in [4.78, 5) is 21.2. The van der Waals surface area contributed by atoms with Crippen LogP contribution in [0.1, 0.15) is 11.7 Å². The van der Waals surface area contributed by atoms with Gasteiger partial charge in [-0.05, 0) is 12.1 Å². The lowest BCUT2D eigenvalue weighted by Gasteiger charge is -2.27. The zero-order chi connectivity index (χ0) is 17.5. The Morgan fingerprint density at radius 3 is 2.96 bits per heavy atom. The first-order chi connectivity index (χ1) is 11.6. The minimum Gasteiger partial charge on any atom is -0.378 e. The Labute approximate surface area is 154 Å². The van der Waals surface area contributed by atoms with Gasteiger partial charge in [0.05, 0.1) is 11.8 Å². The van der Waals surface area contributed by atoms with Crippen molar-refractivity contribution in [3.8, 4) is 0 Å². The minimum absolute atomic E-state index is 0.111. The lowest BCUT2D eigenvalue weighted by Crippen LogP contribution is -2.36. The van der Waals surface area contributed by atoms with Gasteiger partial charge in [0.1, 0.15) is 6.04 Å². The number of carbonyl (C=O) groups is 1. The molecule has 1 amide bonds. The van der Waals surface area contributed by atoms with Gasteiger partial charge in [-0.3, -0.25) is 9.78 Å². The maximum Gasteiger partial charge on any atom is 0.257 e. The number of allylic oxidation sites excluding steroid dienone is 2. The molecule has 2 rings (SSSR count). The number of nitrogens with one attached hydrogen (secondary N) is 1. The summed E-state index contributed by atoms with van der Waals surface area (Å²) >= 11 is 4.88. The van der Waals surface area contributed by atoms with Crippen LogP contribution in [0.25, 0.3) is 0 Å². The molecule has 0 fully saturated rings. The molecule has 1 aliphatic heterocycles. The number of hydrogen-bond donors (Lipinski definition) is 1. The molecule has 2 atom stereocenters. The largest absolute Gasteiger partial charge is 0.378 e. The molecule has 1 aromatic rings. The van der Waals surface area contributed by atoms with Gasteiger partial charge in [0.2, 0.25) is 0 Å². The first-order valence-electron chi connectivity index (χ1n) is 7.20. The third kappa shape index (κ3) is 4.66. The molecule has 0 aliphatic carbocycles. The molecule has 0 saturated carbocycles. The van der Waals surface area contributed by atoms with Gasteiger partial charge >= 0.3 is 0 Å². The smallest absolute Gasteiger partial charge is 0.257 e. The van der Waals surface area contributed by atoms with E-state index in [4.69, 9.17) is 4.74 Å². The highest BCUT2D eigenvalue weighted by atomic mass is 79.9. The van der Waals surface area contributed by atoms with Crippen molar-refractivity contribution >= 4 is 38.8 Å². The summed E-state index contributed by atoms with van der Waals surface area (Å²) in [6.45, 7) is 7.22. The Morgan fingerprint density at radius 1 is 1.54 bits per heavy atom. The van der Waals surface area contributed by atoms with Crippen molar-refractivity contribution in [2.75, 3.05) is 12.9 Å². The van der Waals surface area contributed by atoms with Crippen LogP contribution in [0.5, 0.6) is 0 Å². The van der Waals surface area contributed by atoms with E-state index in [2.05, 4.69) is 44.4 Å². The van der Waals surface area contributed by atoms with Crippen molar-refractivity contribution in [1.29, 1.82) is 0 Å². The van der Waals surface area contributed by atoms with E-state index in [1.807, 2.05) is 12.1 Å². The van der Waals surface area contributed by atoms with Crippen molar-refractivity contribution in [3.63, 3.8) is 0 Å². The second-order valence-corrected chi connectivity index (χ2v) is 6.80. The monoisotopic (exact) mass is 407 g/mol. The van der Waals surface area contributed by atoms with Crippen LogP contribution < -0.4 is 5.32 Å². The average Bonchev–Trinajstić information content (AvgIpc) is 2.59. The number of methoxy groups -OCH3 is 1. The molecular weight excluding hydrogens is 390 g/mol. The Hall–Kier alpha value is -1.70. The quantitative estimate of drug-likeness (QED) is 0.599. The predicted molar refractivity (Wildman–Crippen MR) is 102 cm³/mol. The Balaban J connectivity index is 2.25. The van der Waals surface area contributed by atoms with E-state index in [1.54, 1.807) is 25.5 Å². The van der Waals surface area contributed by atoms with Crippen molar-refractivity contribution in [3.05, 3.63) is 65.5 Å². The van der Waals surface area contributed by atoms with Crippen molar-refractivity contribution in [2.24, 2.45) is 4.99 Å². The van der Waals surface area contributed by atoms with Gasteiger partial charge in [0.25, 0.3) is 5.91 Å². The number of pyridine rings is 1. The molecule has 2 unspecified atom stereocenters. The second-order valence-electron chi connectivity index (χ2n) is 4.88. The van der Waals surface area contributed by atoms with E-state index in [0.717, 1.165) is 10.2 Å². The summed E-state index contributed by atoms with van der Waals surface area (Å²) in [5.74, 6) is 0.399. The van der Waals surface area contributed by atoms with Crippen LogP contribution in [0, 0.1) is 0 Å². The predicted octanol–water partition coefficient (Wildman–Crippen LogP) is 3.42. The molecule has 0 saturated heterocycles. The number of aromatic nitrogens is 1. The summed E-state index contributed by atoms with van der Waals surface area (Å²) < 4.78 is 6.44. The Kier molecular flexibility index (Phi) is 6.96. The van der Waals surface area contributed by atoms with E-state index in [-0.39, 0.29) is 18.1 Å². The normalized spacial score (nSPS) is 20.9. The highest BCUT2D eigenvalue weighted by molar-refractivity contribution is 9.10. The first kappa shape index (κ1) is 18.6. The van der Waals surface area contributed by atoms with Crippen LogP contribution in [0.15, 0.2) is 64.8 Å². The highest BCUT2D eigenvalue weighted by Gasteiger charge is 2.30. The van der Waals surface area contributed by atoms with Crippen LogP contribution in [-0.4, -0.2) is 35.0 Å². The van der Waals surface area contributed by atoms with Gasteiger partial charge in [0, 0.05) is 29.1 Å². The lowest BCUT2D eigenvalue weighted by molar-refractivity contribution is -0.115. The fraction of sp³-hybridized carbons (Fsp3) is 0.235. The molecule has 7 heteroatoms. The molecule has 0 spiro atoms. The standard InChI is InChI=1S/C17H18BrN3O2S/c1-4-6-11(5-2)16(22)21-17-20-15(14(23-3)10-24-17)13-9-12(18)7-8-19-13/h4-9,14-15H,1-2,10H2,3H3,(H,20,21,22)/b11-6+. The van der Waals surface area contributed by atoms with Gasteiger partial charge in [-0.1, -0.05) is 59.1 Å². The van der Waals surface area contributed by atoms with Crippen LogP contribution in [0.3, 0.4) is 0 Å². The zero-order valence-corrected chi connectivity index (χ0v) is 15.6.